The van der Waals surface area contributed by atoms with E-state index in [2.05, 4.69) is 5.32 Å². The highest BCUT2D eigenvalue weighted by atomic mass is 19.4. The molecule has 1 rings (SSSR count). The largest absolute Gasteiger partial charge is 0.393 e. The SMILES string of the molecule is NC(=O)[C@H]1NCCC1C(F)(F)F. The summed E-state index contributed by atoms with van der Waals surface area (Å²) in [7, 11) is 0. The summed E-state index contributed by atoms with van der Waals surface area (Å²) in [5, 5.41) is 2.42. The number of halogens is 3. The van der Waals surface area contributed by atoms with Crippen molar-refractivity contribution in [3.63, 3.8) is 0 Å². The average Bonchev–Trinajstić information content (AvgIpc) is 2.30. The fourth-order valence-electron chi connectivity index (χ4n) is 1.35. The quantitative estimate of drug-likeness (QED) is 0.600. The van der Waals surface area contributed by atoms with E-state index in [0.717, 1.165) is 0 Å². The van der Waals surface area contributed by atoms with Crippen molar-refractivity contribution in [1.82, 2.24) is 5.32 Å². The maximum atomic E-state index is 12.1. The maximum absolute atomic E-state index is 12.1. The summed E-state index contributed by atoms with van der Waals surface area (Å²) in [5.41, 5.74) is 4.78. The second-order valence-electron chi connectivity index (χ2n) is 2.77. The molecular weight excluding hydrogens is 173 g/mol. The Morgan fingerprint density at radius 2 is 2.08 bits per heavy atom. The first kappa shape index (κ1) is 9.31. The first-order valence-corrected chi connectivity index (χ1v) is 3.52. The molecule has 12 heavy (non-hydrogen) atoms. The van der Waals surface area contributed by atoms with Gasteiger partial charge in [-0.2, -0.15) is 13.2 Å². The number of carbonyl (C=O) groups is 1. The first-order chi connectivity index (χ1) is 5.43. The molecule has 1 saturated heterocycles. The van der Waals surface area contributed by atoms with Gasteiger partial charge in [0.15, 0.2) is 0 Å². The van der Waals surface area contributed by atoms with Crippen LogP contribution in [0, 0.1) is 5.92 Å². The van der Waals surface area contributed by atoms with Crippen LogP contribution in [0.4, 0.5) is 13.2 Å². The van der Waals surface area contributed by atoms with Crippen molar-refractivity contribution in [3.8, 4) is 0 Å². The van der Waals surface area contributed by atoms with Gasteiger partial charge in [0.05, 0.1) is 12.0 Å². The van der Waals surface area contributed by atoms with E-state index in [1.165, 1.54) is 0 Å². The lowest BCUT2D eigenvalue weighted by Crippen LogP contribution is -2.45. The highest BCUT2D eigenvalue weighted by molar-refractivity contribution is 5.80. The summed E-state index contributed by atoms with van der Waals surface area (Å²) in [6.07, 6.45) is -4.40. The molecule has 70 valence electrons. The fraction of sp³-hybridized carbons (Fsp3) is 0.833. The van der Waals surface area contributed by atoms with E-state index < -0.39 is 24.0 Å². The summed E-state index contributed by atoms with van der Waals surface area (Å²) in [4.78, 5) is 10.5. The third-order valence-electron chi connectivity index (χ3n) is 1.95. The number of carbonyl (C=O) groups excluding carboxylic acids is 1. The molecule has 0 aromatic carbocycles. The van der Waals surface area contributed by atoms with Crippen molar-refractivity contribution in [3.05, 3.63) is 0 Å². The maximum Gasteiger partial charge on any atom is 0.393 e. The van der Waals surface area contributed by atoms with Crippen LogP contribution < -0.4 is 11.1 Å². The van der Waals surface area contributed by atoms with E-state index in [1.807, 2.05) is 0 Å². The van der Waals surface area contributed by atoms with Crippen molar-refractivity contribution in [2.24, 2.45) is 11.7 Å². The van der Waals surface area contributed by atoms with Gasteiger partial charge in [-0.3, -0.25) is 4.79 Å². The van der Waals surface area contributed by atoms with Crippen LogP contribution in [-0.4, -0.2) is 24.7 Å². The highest BCUT2D eigenvalue weighted by Gasteiger charge is 2.49. The topological polar surface area (TPSA) is 55.1 Å². The van der Waals surface area contributed by atoms with Gasteiger partial charge in [0.1, 0.15) is 0 Å². The van der Waals surface area contributed by atoms with Gasteiger partial charge in [0.2, 0.25) is 5.91 Å². The molecule has 1 heterocycles. The second kappa shape index (κ2) is 2.93. The van der Waals surface area contributed by atoms with Crippen LogP contribution in [0.3, 0.4) is 0 Å². The molecule has 2 atom stereocenters. The number of nitrogens with two attached hydrogens (primary N) is 1. The Balaban J connectivity index is 2.71. The Hall–Kier alpha value is -0.780. The van der Waals surface area contributed by atoms with Gasteiger partial charge in [-0.05, 0) is 13.0 Å². The minimum Gasteiger partial charge on any atom is -0.368 e. The third-order valence-corrected chi connectivity index (χ3v) is 1.95. The Bertz CT molecular complexity index is 192. The molecule has 0 bridgehead atoms. The first-order valence-electron chi connectivity index (χ1n) is 3.52. The van der Waals surface area contributed by atoms with E-state index in [-0.39, 0.29) is 13.0 Å². The van der Waals surface area contributed by atoms with Gasteiger partial charge in [-0.1, -0.05) is 0 Å². The Morgan fingerprint density at radius 1 is 1.50 bits per heavy atom. The lowest BCUT2D eigenvalue weighted by molar-refractivity contribution is -0.178. The van der Waals surface area contributed by atoms with Crippen molar-refractivity contribution >= 4 is 5.91 Å². The minimum absolute atomic E-state index is 0.0723. The van der Waals surface area contributed by atoms with Crippen LogP contribution in [0.25, 0.3) is 0 Å². The van der Waals surface area contributed by atoms with E-state index in [9.17, 15) is 18.0 Å². The fourth-order valence-corrected chi connectivity index (χ4v) is 1.35. The normalized spacial score (nSPS) is 30.6. The van der Waals surface area contributed by atoms with Gasteiger partial charge in [0.25, 0.3) is 0 Å². The monoisotopic (exact) mass is 182 g/mol. The van der Waals surface area contributed by atoms with Crippen LogP contribution in [0.15, 0.2) is 0 Å². The van der Waals surface area contributed by atoms with Gasteiger partial charge in [-0.15, -0.1) is 0 Å². The van der Waals surface area contributed by atoms with E-state index >= 15 is 0 Å². The zero-order valence-corrected chi connectivity index (χ0v) is 6.19. The third kappa shape index (κ3) is 1.69. The van der Waals surface area contributed by atoms with Crippen LogP contribution in [0.2, 0.25) is 0 Å². The molecule has 3 N–H and O–H groups in total. The number of alkyl halides is 3. The molecule has 1 unspecified atom stereocenters. The second-order valence-corrected chi connectivity index (χ2v) is 2.77. The predicted octanol–water partition coefficient (Wildman–Crippen LogP) is 0.0121. The summed E-state index contributed by atoms with van der Waals surface area (Å²) >= 11 is 0. The Morgan fingerprint density at radius 3 is 2.42 bits per heavy atom. The summed E-state index contributed by atoms with van der Waals surface area (Å²) < 4.78 is 36.4. The van der Waals surface area contributed by atoms with Crippen molar-refractivity contribution in [1.29, 1.82) is 0 Å². The molecule has 6 heteroatoms. The molecule has 1 amide bonds. The molecule has 0 radical (unpaired) electrons. The number of hydrogen-bond donors (Lipinski definition) is 2. The highest BCUT2D eigenvalue weighted by Crippen LogP contribution is 2.33. The zero-order valence-electron chi connectivity index (χ0n) is 6.19. The smallest absolute Gasteiger partial charge is 0.368 e. The van der Waals surface area contributed by atoms with Crippen molar-refractivity contribution < 1.29 is 18.0 Å². The van der Waals surface area contributed by atoms with Gasteiger partial charge in [-0.25, -0.2) is 0 Å². The van der Waals surface area contributed by atoms with Crippen LogP contribution in [0.1, 0.15) is 6.42 Å². The lowest BCUT2D eigenvalue weighted by Gasteiger charge is -2.18. The number of amides is 1. The number of primary amides is 1. The molecule has 0 spiro atoms. The molecule has 1 fully saturated rings. The lowest BCUT2D eigenvalue weighted by atomic mass is 10.00. The van der Waals surface area contributed by atoms with E-state index in [1.54, 1.807) is 0 Å². The number of hydrogen-bond acceptors (Lipinski definition) is 2. The molecule has 3 nitrogen and oxygen atoms in total. The molecule has 0 saturated carbocycles. The van der Waals surface area contributed by atoms with Crippen molar-refractivity contribution in [2.75, 3.05) is 6.54 Å². The zero-order chi connectivity index (χ0) is 9.35. The van der Waals surface area contributed by atoms with E-state index in [4.69, 9.17) is 5.73 Å². The summed E-state index contributed by atoms with van der Waals surface area (Å²) in [6.45, 7) is 0.192. The molecule has 1 aliphatic rings. The van der Waals surface area contributed by atoms with Crippen LogP contribution in [-0.2, 0) is 4.79 Å². The molecule has 0 aromatic rings. The minimum atomic E-state index is -4.33. The molecule has 0 aromatic heterocycles. The standard InChI is InChI=1S/C6H9F3N2O/c7-6(8,9)3-1-2-11-4(3)5(10)12/h3-4,11H,1-2H2,(H2,10,12)/t3?,4-/m0/s1. The predicted molar refractivity (Wildman–Crippen MR) is 35.1 cm³/mol. The van der Waals surface area contributed by atoms with E-state index in [0.29, 0.717) is 0 Å². The summed E-state index contributed by atoms with van der Waals surface area (Å²) in [5.74, 6) is -2.55. The van der Waals surface area contributed by atoms with Gasteiger partial charge >= 0.3 is 6.18 Å². The van der Waals surface area contributed by atoms with Crippen LogP contribution >= 0.6 is 0 Å². The van der Waals surface area contributed by atoms with Crippen LogP contribution in [0.5, 0.6) is 0 Å². The average molecular weight is 182 g/mol. The molecule has 1 aliphatic heterocycles. The molecule has 0 aliphatic carbocycles. The molecular formula is C6H9F3N2O. The Labute approximate surface area is 67.1 Å². The van der Waals surface area contributed by atoms with Gasteiger partial charge in [0, 0.05) is 0 Å². The number of rotatable bonds is 1. The van der Waals surface area contributed by atoms with Gasteiger partial charge < -0.3 is 11.1 Å². The summed E-state index contributed by atoms with van der Waals surface area (Å²) in [6, 6.07) is -1.25. The number of nitrogens with one attached hydrogen (secondary N) is 1. The Kier molecular flexibility index (Phi) is 2.27. The van der Waals surface area contributed by atoms with Crippen molar-refractivity contribution in [2.45, 2.75) is 18.6 Å².